The Morgan fingerprint density at radius 3 is 2.50 bits per heavy atom. The zero-order chi connectivity index (χ0) is 13.7. The fraction of sp³-hybridized carbons (Fsp3) is 0.533. The van der Waals surface area contributed by atoms with Gasteiger partial charge >= 0.3 is 0 Å². The highest BCUT2D eigenvalue weighted by Crippen LogP contribution is 2.14. The molecule has 0 spiro atoms. The molecular weight excluding hydrogens is 229 g/mol. The van der Waals surface area contributed by atoms with E-state index in [4.69, 9.17) is 0 Å². The Morgan fingerprint density at radius 1 is 1.33 bits per heavy atom. The summed E-state index contributed by atoms with van der Waals surface area (Å²) in [5.74, 6) is -0.746. The second kappa shape index (κ2) is 6.64. The normalized spacial score (nSPS) is 14.6. The molecule has 0 aliphatic rings. The number of carbonyl (C=O) groups is 1. The second-order valence-corrected chi connectivity index (χ2v) is 4.94. The van der Waals surface area contributed by atoms with Gasteiger partial charge in [0, 0.05) is 18.5 Å². The molecule has 0 amide bonds. The van der Waals surface area contributed by atoms with E-state index in [2.05, 4.69) is 18.7 Å². The number of rotatable bonds is 6. The number of hydrogen-bond acceptors (Lipinski definition) is 2. The molecule has 100 valence electrons. The topological polar surface area (TPSA) is 20.3 Å². The Morgan fingerprint density at radius 2 is 1.94 bits per heavy atom. The molecule has 0 saturated carbocycles. The number of carbonyl (C=O) groups excluding carboxylic acids is 1. The summed E-state index contributed by atoms with van der Waals surface area (Å²) in [7, 11) is 2.00. The zero-order valence-electron chi connectivity index (χ0n) is 11.6. The first-order chi connectivity index (χ1) is 8.47. The third kappa shape index (κ3) is 3.64. The van der Waals surface area contributed by atoms with Crippen LogP contribution in [0.4, 0.5) is 4.39 Å². The van der Waals surface area contributed by atoms with Gasteiger partial charge in [-0.05, 0) is 32.5 Å². The SMILES string of the molecule is CCC(C)N(C)CC(C)C(=O)c1ccccc1F. The highest BCUT2D eigenvalue weighted by molar-refractivity contribution is 5.98. The number of nitrogens with zero attached hydrogens (tertiary/aromatic N) is 1. The minimum Gasteiger partial charge on any atom is -0.303 e. The standard InChI is InChI=1S/C15H22FNO/c1-5-12(3)17(4)10-11(2)15(18)13-8-6-7-9-14(13)16/h6-9,11-12H,5,10H2,1-4H3. The molecule has 1 aromatic rings. The van der Waals surface area contributed by atoms with Gasteiger partial charge in [0.15, 0.2) is 5.78 Å². The number of ketones is 1. The maximum absolute atomic E-state index is 13.5. The van der Waals surface area contributed by atoms with E-state index in [1.807, 2.05) is 14.0 Å². The van der Waals surface area contributed by atoms with Gasteiger partial charge in [-0.25, -0.2) is 4.39 Å². The van der Waals surface area contributed by atoms with E-state index in [9.17, 15) is 9.18 Å². The molecule has 18 heavy (non-hydrogen) atoms. The maximum Gasteiger partial charge on any atom is 0.169 e. The Kier molecular flexibility index (Phi) is 5.48. The van der Waals surface area contributed by atoms with Gasteiger partial charge in [0.1, 0.15) is 5.82 Å². The molecule has 0 heterocycles. The summed E-state index contributed by atoms with van der Waals surface area (Å²) in [4.78, 5) is 14.3. The van der Waals surface area contributed by atoms with Crippen LogP contribution in [-0.4, -0.2) is 30.3 Å². The molecule has 0 bridgehead atoms. The molecule has 2 atom stereocenters. The molecule has 0 aliphatic carbocycles. The van der Waals surface area contributed by atoms with Crippen LogP contribution in [0.15, 0.2) is 24.3 Å². The lowest BCUT2D eigenvalue weighted by molar-refractivity contribution is 0.0885. The minimum absolute atomic E-state index is 0.122. The Balaban J connectivity index is 2.71. The van der Waals surface area contributed by atoms with E-state index in [0.717, 1.165) is 6.42 Å². The van der Waals surface area contributed by atoms with Crippen LogP contribution in [0.1, 0.15) is 37.6 Å². The van der Waals surface area contributed by atoms with Crippen molar-refractivity contribution in [2.75, 3.05) is 13.6 Å². The summed E-state index contributed by atoms with van der Waals surface area (Å²) in [6.45, 7) is 6.75. The predicted molar refractivity (Wildman–Crippen MR) is 72.3 cm³/mol. The van der Waals surface area contributed by atoms with Gasteiger partial charge in [-0.15, -0.1) is 0 Å². The lowest BCUT2D eigenvalue weighted by atomic mass is 9.98. The summed E-state index contributed by atoms with van der Waals surface area (Å²) in [5, 5.41) is 0. The van der Waals surface area contributed by atoms with Crippen LogP contribution in [-0.2, 0) is 0 Å². The number of halogens is 1. The second-order valence-electron chi connectivity index (χ2n) is 4.94. The van der Waals surface area contributed by atoms with Crippen LogP contribution >= 0.6 is 0 Å². The van der Waals surface area contributed by atoms with Gasteiger partial charge in [-0.1, -0.05) is 26.0 Å². The smallest absolute Gasteiger partial charge is 0.169 e. The minimum atomic E-state index is -0.430. The van der Waals surface area contributed by atoms with E-state index in [0.29, 0.717) is 12.6 Å². The molecule has 3 heteroatoms. The largest absolute Gasteiger partial charge is 0.303 e. The van der Waals surface area contributed by atoms with Crippen molar-refractivity contribution in [3.8, 4) is 0 Å². The summed E-state index contributed by atoms with van der Waals surface area (Å²) < 4.78 is 13.5. The molecule has 0 N–H and O–H groups in total. The van der Waals surface area contributed by atoms with Crippen LogP contribution in [0.25, 0.3) is 0 Å². The molecule has 0 saturated heterocycles. The van der Waals surface area contributed by atoms with Crippen molar-refractivity contribution in [1.29, 1.82) is 0 Å². The molecule has 0 radical (unpaired) electrons. The van der Waals surface area contributed by atoms with Gasteiger partial charge in [0.25, 0.3) is 0 Å². The number of Topliss-reactive ketones (excluding diaryl/α,β-unsaturated/α-hetero) is 1. The van der Waals surface area contributed by atoms with Crippen molar-refractivity contribution in [2.24, 2.45) is 5.92 Å². The Labute approximate surface area is 109 Å². The lowest BCUT2D eigenvalue weighted by Crippen LogP contribution is -2.35. The van der Waals surface area contributed by atoms with Crippen molar-refractivity contribution in [3.05, 3.63) is 35.6 Å². The predicted octanol–water partition coefficient (Wildman–Crippen LogP) is 3.37. The van der Waals surface area contributed by atoms with Gasteiger partial charge in [0.2, 0.25) is 0 Å². The highest BCUT2D eigenvalue weighted by Gasteiger charge is 2.20. The van der Waals surface area contributed by atoms with E-state index in [1.165, 1.54) is 6.07 Å². The zero-order valence-corrected chi connectivity index (χ0v) is 11.6. The van der Waals surface area contributed by atoms with E-state index in [-0.39, 0.29) is 17.3 Å². The molecule has 2 unspecified atom stereocenters. The van der Waals surface area contributed by atoms with Crippen molar-refractivity contribution in [2.45, 2.75) is 33.2 Å². The van der Waals surface area contributed by atoms with Crippen LogP contribution < -0.4 is 0 Å². The quantitative estimate of drug-likeness (QED) is 0.722. The van der Waals surface area contributed by atoms with Crippen LogP contribution in [0, 0.1) is 11.7 Å². The first kappa shape index (κ1) is 14.8. The van der Waals surface area contributed by atoms with Crippen molar-refractivity contribution in [1.82, 2.24) is 4.90 Å². The van der Waals surface area contributed by atoms with Crippen molar-refractivity contribution in [3.63, 3.8) is 0 Å². The average molecular weight is 251 g/mol. The molecule has 1 rings (SSSR count). The molecule has 2 nitrogen and oxygen atoms in total. The van der Waals surface area contributed by atoms with Gasteiger partial charge in [-0.3, -0.25) is 4.79 Å². The molecule has 0 aromatic heterocycles. The van der Waals surface area contributed by atoms with Gasteiger partial charge < -0.3 is 4.90 Å². The highest BCUT2D eigenvalue weighted by atomic mass is 19.1. The molecular formula is C15H22FNO. The van der Waals surface area contributed by atoms with Crippen LogP contribution in [0.3, 0.4) is 0 Å². The molecule has 0 fully saturated rings. The van der Waals surface area contributed by atoms with Crippen molar-refractivity contribution >= 4 is 5.78 Å². The summed E-state index contributed by atoms with van der Waals surface area (Å²) in [5.41, 5.74) is 0.197. The van der Waals surface area contributed by atoms with E-state index >= 15 is 0 Å². The first-order valence-electron chi connectivity index (χ1n) is 6.46. The van der Waals surface area contributed by atoms with Crippen LogP contribution in [0.2, 0.25) is 0 Å². The fourth-order valence-corrected chi connectivity index (χ4v) is 1.93. The lowest BCUT2D eigenvalue weighted by Gasteiger charge is -2.26. The summed E-state index contributed by atoms with van der Waals surface area (Å²) in [6, 6.07) is 6.61. The van der Waals surface area contributed by atoms with E-state index in [1.54, 1.807) is 18.2 Å². The van der Waals surface area contributed by atoms with Crippen LogP contribution in [0.5, 0.6) is 0 Å². The summed E-state index contributed by atoms with van der Waals surface area (Å²) in [6.07, 6.45) is 1.04. The summed E-state index contributed by atoms with van der Waals surface area (Å²) >= 11 is 0. The third-order valence-electron chi connectivity index (χ3n) is 3.49. The Bertz CT molecular complexity index is 405. The molecule has 1 aromatic carbocycles. The average Bonchev–Trinajstić information content (AvgIpc) is 2.37. The van der Waals surface area contributed by atoms with Crippen molar-refractivity contribution < 1.29 is 9.18 Å². The number of benzene rings is 1. The van der Waals surface area contributed by atoms with Gasteiger partial charge in [0.05, 0.1) is 5.56 Å². The first-order valence-corrected chi connectivity index (χ1v) is 6.46. The van der Waals surface area contributed by atoms with E-state index < -0.39 is 5.82 Å². The number of hydrogen-bond donors (Lipinski definition) is 0. The molecule has 0 aliphatic heterocycles. The monoisotopic (exact) mass is 251 g/mol. The third-order valence-corrected chi connectivity index (χ3v) is 3.49. The Hall–Kier alpha value is -1.22. The fourth-order valence-electron chi connectivity index (χ4n) is 1.93. The maximum atomic E-state index is 13.5. The van der Waals surface area contributed by atoms with Gasteiger partial charge in [-0.2, -0.15) is 0 Å².